The maximum absolute atomic E-state index is 12.0. The Balaban J connectivity index is 2.07. The van der Waals surface area contributed by atoms with Crippen LogP contribution in [0.1, 0.15) is 10.4 Å². The van der Waals surface area contributed by atoms with Gasteiger partial charge in [-0.1, -0.05) is 62.9 Å². The number of Topliss-reactive ketones (excluding diaryl/α,β-unsaturated/α-hetero) is 1. The van der Waals surface area contributed by atoms with Crippen molar-refractivity contribution in [2.24, 2.45) is 0 Å². The molecule has 2 aromatic rings. The smallest absolute Gasteiger partial charge is 0.200 e. The van der Waals surface area contributed by atoms with Crippen molar-refractivity contribution < 1.29 is 9.53 Å². The molecule has 0 spiro atoms. The maximum atomic E-state index is 12.0. The summed E-state index contributed by atoms with van der Waals surface area (Å²) >= 11 is 21.0. The van der Waals surface area contributed by atoms with E-state index in [-0.39, 0.29) is 12.4 Å². The van der Waals surface area contributed by atoms with Gasteiger partial charge in [0.2, 0.25) is 0 Å². The molecule has 0 aromatic heterocycles. The number of ether oxygens (including phenoxy) is 1. The molecule has 0 saturated heterocycles. The first-order valence-electron chi connectivity index (χ1n) is 5.53. The van der Waals surface area contributed by atoms with Crippen molar-refractivity contribution in [3.8, 4) is 5.75 Å². The molecule has 0 aliphatic heterocycles. The molecule has 0 amide bonds. The van der Waals surface area contributed by atoms with Crippen molar-refractivity contribution in [1.29, 1.82) is 0 Å². The molecule has 2 aromatic carbocycles. The second-order valence-electron chi connectivity index (χ2n) is 3.92. The number of hydrogen-bond donors (Lipinski definition) is 0. The average Bonchev–Trinajstić information content (AvgIpc) is 2.42. The maximum Gasteiger partial charge on any atom is 0.200 e. The van der Waals surface area contributed by atoms with Gasteiger partial charge >= 0.3 is 0 Å². The molecule has 0 bridgehead atoms. The number of ketones is 1. The molecular formula is C14H8BrCl3O2. The van der Waals surface area contributed by atoms with Gasteiger partial charge in [0.05, 0.1) is 15.1 Å². The van der Waals surface area contributed by atoms with Gasteiger partial charge in [0.1, 0.15) is 5.75 Å². The molecule has 0 radical (unpaired) electrons. The molecule has 2 rings (SSSR count). The van der Waals surface area contributed by atoms with Crippen molar-refractivity contribution in [3.63, 3.8) is 0 Å². The van der Waals surface area contributed by atoms with Gasteiger partial charge < -0.3 is 4.74 Å². The molecule has 0 heterocycles. The van der Waals surface area contributed by atoms with Crippen LogP contribution in [-0.4, -0.2) is 12.4 Å². The first-order valence-corrected chi connectivity index (χ1v) is 7.46. The minimum atomic E-state index is -0.153. The number of hydrogen-bond acceptors (Lipinski definition) is 2. The fourth-order valence-corrected chi connectivity index (χ4v) is 2.33. The third kappa shape index (κ3) is 3.89. The van der Waals surface area contributed by atoms with Crippen molar-refractivity contribution in [1.82, 2.24) is 0 Å². The monoisotopic (exact) mass is 392 g/mol. The SMILES string of the molecule is O=C(COc1cc(Cl)c(Cl)cc1Cl)c1ccc(Br)cc1. The summed E-state index contributed by atoms with van der Waals surface area (Å²) in [4.78, 5) is 12.0. The third-order valence-electron chi connectivity index (χ3n) is 2.50. The van der Waals surface area contributed by atoms with Crippen LogP contribution in [0.5, 0.6) is 5.75 Å². The molecule has 2 nitrogen and oxygen atoms in total. The van der Waals surface area contributed by atoms with Gasteiger partial charge in [-0.25, -0.2) is 0 Å². The summed E-state index contributed by atoms with van der Waals surface area (Å²) < 4.78 is 6.29. The Morgan fingerprint density at radius 2 is 1.60 bits per heavy atom. The highest BCUT2D eigenvalue weighted by Crippen LogP contribution is 2.33. The van der Waals surface area contributed by atoms with Crippen molar-refractivity contribution in [3.05, 3.63) is 61.5 Å². The second-order valence-corrected chi connectivity index (χ2v) is 6.05. The number of halogens is 4. The van der Waals surface area contributed by atoms with E-state index in [9.17, 15) is 4.79 Å². The molecule has 0 N–H and O–H groups in total. The van der Waals surface area contributed by atoms with Crippen LogP contribution in [-0.2, 0) is 0 Å². The lowest BCUT2D eigenvalue weighted by Crippen LogP contribution is -2.11. The summed E-state index contributed by atoms with van der Waals surface area (Å²) in [6.45, 7) is -0.126. The Labute approximate surface area is 139 Å². The van der Waals surface area contributed by atoms with Gasteiger partial charge in [0, 0.05) is 16.1 Å². The minimum absolute atomic E-state index is 0.126. The lowest BCUT2D eigenvalue weighted by atomic mass is 10.1. The fraction of sp³-hybridized carbons (Fsp3) is 0.0714. The average molecular weight is 394 g/mol. The van der Waals surface area contributed by atoms with Gasteiger partial charge in [-0.2, -0.15) is 0 Å². The zero-order chi connectivity index (χ0) is 14.7. The molecule has 0 fully saturated rings. The first-order chi connectivity index (χ1) is 9.47. The van der Waals surface area contributed by atoms with Gasteiger partial charge in [0.15, 0.2) is 12.4 Å². The lowest BCUT2D eigenvalue weighted by Gasteiger charge is -2.09. The minimum Gasteiger partial charge on any atom is -0.484 e. The van der Waals surface area contributed by atoms with Crippen LogP contribution < -0.4 is 4.74 Å². The summed E-state index contributed by atoms with van der Waals surface area (Å²) in [5.41, 5.74) is 0.560. The van der Waals surface area contributed by atoms with Crippen LogP contribution in [0.15, 0.2) is 40.9 Å². The topological polar surface area (TPSA) is 26.3 Å². The number of carbonyl (C=O) groups excluding carboxylic acids is 1. The van der Waals surface area contributed by atoms with E-state index in [1.807, 2.05) is 0 Å². The van der Waals surface area contributed by atoms with E-state index in [2.05, 4.69) is 15.9 Å². The number of carbonyl (C=O) groups is 1. The molecule has 0 unspecified atom stereocenters. The van der Waals surface area contributed by atoms with Gasteiger partial charge in [-0.15, -0.1) is 0 Å². The van der Waals surface area contributed by atoms with E-state index in [1.165, 1.54) is 12.1 Å². The van der Waals surface area contributed by atoms with E-state index in [4.69, 9.17) is 39.5 Å². The summed E-state index contributed by atoms with van der Waals surface area (Å²) in [5.74, 6) is 0.172. The van der Waals surface area contributed by atoms with E-state index >= 15 is 0 Å². The van der Waals surface area contributed by atoms with Gasteiger partial charge in [-0.05, 0) is 18.2 Å². The molecule has 0 aliphatic carbocycles. The summed E-state index contributed by atoms with van der Waals surface area (Å²) in [6, 6.07) is 9.98. The Kier molecular flexibility index (Phi) is 5.33. The van der Waals surface area contributed by atoms with Crippen LogP contribution >= 0.6 is 50.7 Å². The Morgan fingerprint density at radius 3 is 2.25 bits per heavy atom. The van der Waals surface area contributed by atoms with Crippen LogP contribution in [0.25, 0.3) is 0 Å². The Morgan fingerprint density at radius 1 is 1.00 bits per heavy atom. The fourth-order valence-electron chi connectivity index (χ4n) is 1.48. The summed E-state index contributed by atoms with van der Waals surface area (Å²) in [6.07, 6.45) is 0. The van der Waals surface area contributed by atoms with Gasteiger partial charge in [0.25, 0.3) is 0 Å². The second kappa shape index (κ2) is 6.81. The predicted molar refractivity (Wildman–Crippen MR) is 85.4 cm³/mol. The van der Waals surface area contributed by atoms with Crippen LogP contribution in [0, 0.1) is 0 Å². The Bertz CT molecular complexity index is 642. The highest BCUT2D eigenvalue weighted by atomic mass is 79.9. The third-order valence-corrected chi connectivity index (χ3v) is 4.05. The summed E-state index contributed by atoms with van der Waals surface area (Å²) in [7, 11) is 0. The van der Waals surface area contributed by atoms with E-state index in [0.717, 1.165) is 4.47 Å². The van der Waals surface area contributed by atoms with Crippen LogP contribution in [0.2, 0.25) is 15.1 Å². The molecule has 6 heteroatoms. The largest absolute Gasteiger partial charge is 0.484 e. The first kappa shape index (κ1) is 15.6. The van der Waals surface area contributed by atoms with Crippen molar-refractivity contribution in [2.45, 2.75) is 0 Å². The van der Waals surface area contributed by atoms with Crippen LogP contribution in [0.4, 0.5) is 0 Å². The molecular weight excluding hydrogens is 386 g/mol. The van der Waals surface area contributed by atoms with Crippen LogP contribution in [0.3, 0.4) is 0 Å². The molecule has 0 aliphatic rings. The number of rotatable bonds is 4. The van der Waals surface area contributed by atoms with E-state index in [0.29, 0.717) is 26.4 Å². The standard InChI is InChI=1S/C14H8BrCl3O2/c15-9-3-1-8(2-4-9)13(19)7-20-14-6-11(17)10(16)5-12(14)18/h1-6H,7H2. The van der Waals surface area contributed by atoms with Gasteiger partial charge in [-0.3, -0.25) is 4.79 Å². The molecule has 20 heavy (non-hydrogen) atoms. The van der Waals surface area contributed by atoms with E-state index in [1.54, 1.807) is 24.3 Å². The number of benzene rings is 2. The highest BCUT2D eigenvalue weighted by Gasteiger charge is 2.11. The van der Waals surface area contributed by atoms with E-state index < -0.39 is 0 Å². The summed E-state index contributed by atoms with van der Waals surface area (Å²) in [5, 5.41) is 0.966. The lowest BCUT2D eigenvalue weighted by molar-refractivity contribution is 0.0921. The Hall–Kier alpha value is -0.740. The highest BCUT2D eigenvalue weighted by molar-refractivity contribution is 9.10. The van der Waals surface area contributed by atoms with Crippen molar-refractivity contribution >= 4 is 56.5 Å². The normalized spacial score (nSPS) is 10.4. The van der Waals surface area contributed by atoms with Crippen molar-refractivity contribution in [2.75, 3.05) is 6.61 Å². The molecule has 0 atom stereocenters. The molecule has 0 saturated carbocycles. The zero-order valence-corrected chi connectivity index (χ0v) is 13.9. The zero-order valence-electron chi connectivity index (χ0n) is 10.00. The quantitative estimate of drug-likeness (QED) is 0.493. The predicted octanol–water partition coefficient (Wildman–Crippen LogP) is 5.67. The molecule has 104 valence electrons.